The van der Waals surface area contributed by atoms with E-state index in [9.17, 15) is 4.79 Å². The summed E-state index contributed by atoms with van der Waals surface area (Å²) in [5.41, 5.74) is 5.93. The standard InChI is InChI=1S/C11H15N3OS/c1-11(2,7-12)9(15)5-8-6-14-3-4-16-10(14)13-8/h3-4,6H,5,7,12H2,1-2H3. The number of fused-ring (bicyclic) bond motifs is 1. The molecule has 0 aliphatic rings. The van der Waals surface area contributed by atoms with E-state index in [4.69, 9.17) is 5.73 Å². The van der Waals surface area contributed by atoms with Crippen molar-refractivity contribution in [2.24, 2.45) is 11.1 Å². The molecule has 0 aliphatic heterocycles. The van der Waals surface area contributed by atoms with Crippen LogP contribution in [0, 0.1) is 5.41 Å². The van der Waals surface area contributed by atoms with Crippen molar-refractivity contribution in [2.45, 2.75) is 20.3 Å². The number of Topliss-reactive ketones (excluding diaryl/α,β-unsaturated/α-hetero) is 1. The number of carbonyl (C=O) groups excluding carboxylic acids is 1. The SMILES string of the molecule is CC(C)(CN)C(=O)Cc1cn2ccsc2n1. The minimum atomic E-state index is -0.461. The topological polar surface area (TPSA) is 60.4 Å². The Morgan fingerprint density at radius 1 is 1.62 bits per heavy atom. The summed E-state index contributed by atoms with van der Waals surface area (Å²) in [6.45, 7) is 4.11. The Morgan fingerprint density at radius 2 is 2.38 bits per heavy atom. The third-order valence-electron chi connectivity index (χ3n) is 2.75. The van der Waals surface area contributed by atoms with Crippen LogP contribution in [0.4, 0.5) is 0 Å². The molecule has 0 unspecified atom stereocenters. The second kappa shape index (κ2) is 3.99. The van der Waals surface area contributed by atoms with E-state index in [1.54, 1.807) is 11.3 Å². The predicted molar refractivity (Wildman–Crippen MR) is 64.6 cm³/mol. The molecule has 86 valence electrons. The quantitative estimate of drug-likeness (QED) is 0.876. The van der Waals surface area contributed by atoms with Crippen LogP contribution < -0.4 is 5.73 Å². The van der Waals surface area contributed by atoms with Gasteiger partial charge in [-0.1, -0.05) is 13.8 Å². The van der Waals surface area contributed by atoms with Crippen LogP contribution >= 0.6 is 11.3 Å². The number of nitrogens with zero attached hydrogens (tertiary/aromatic N) is 2. The molecule has 2 aromatic heterocycles. The van der Waals surface area contributed by atoms with Gasteiger partial charge in [0.05, 0.1) is 12.1 Å². The molecule has 0 saturated heterocycles. The number of carbonyl (C=O) groups is 1. The zero-order valence-corrected chi connectivity index (χ0v) is 10.3. The highest BCUT2D eigenvalue weighted by atomic mass is 32.1. The summed E-state index contributed by atoms with van der Waals surface area (Å²) in [7, 11) is 0. The van der Waals surface area contributed by atoms with Crippen LogP contribution in [0.25, 0.3) is 4.96 Å². The lowest BCUT2D eigenvalue weighted by molar-refractivity contribution is -0.126. The van der Waals surface area contributed by atoms with Crippen LogP contribution in [0.15, 0.2) is 17.8 Å². The Hall–Kier alpha value is -1.20. The minimum absolute atomic E-state index is 0.140. The van der Waals surface area contributed by atoms with Gasteiger partial charge in [-0.05, 0) is 0 Å². The van der Waals surface area contributed by atoms with Gasteiger partial charge in [0.25, 0.3) is 0 Å². The fourth-order valence-corrected chi connectivity index (χ4v) is 2.10. The van der Waals surface area contributed by atoms with Gasteiger partial charge in [0.2, 0.25) is 0 Å². The lowest BCUT2D eigenvalue weighted by Crippen LogP contribution is -2.33. The molecule has 0 radical (unpaired) electrons. The van der Waals surface area contributed by atoms with E-state index in [1.807, 2.05) is 36.0 Å². The molecule has 2 aromatic rings. The zero-order chi connectivity index (χ0) is 11.8. The lowest BCUT2D eigenvalue weighted by atomic mass is 9.86. The Morgan fingerprint density at radius 3 is 3.00 bits per heavy atom. The molecule has 0 bridgehead atoms. The van der Waals surface area contributed by atoms with Crippen molar-refractivity contribution in [2.75, 3.05) is 6.54 Å². The molecular formula is C11H15N3OS. The van der Waals surface area contributed by atoms with Crippen molar-refractivity contribution in [3.8, 4) is 0 Å². The molecule has 0 amide bonds. The number of rotatable bonds is 4. The van der Waals surface area contributed by atoms with E-state index in [2.05, 4.69) is 4.98 Å². The van der Waals surface area contributed by atoms with Crippen LogP contribution in [0.5, 0.6) is 0 Å². The van der Waals surface area contributed by atoms with Gasteiger partial charge < -0.3 is 5.73 Å². The Labute approximate surface area is 98.1 Å². The van der Waals surface area contributed by atoms with Gasteiger partial charge in [-0.25, -0.2) is 4.98 Å². The maximum Gasteiger partial charge on any atom is 0.193 e. The Bertz CT molecular complexity index is 484. The van der Waals surface area contributed by atoms with Crippen LogP contribution in [-0.4, -0.2) is 21.7 Å². The third-order valence-corrected chi connectivity index (χ3v) is 3.52. The van der Waals surface area contributed by atoms with Crippen molar-refractivity contribution in [3.63, 3.8) is 0 Å². The number of thiazole rings is 1. The van der Waals surface area contributed by atoms with Gasteiger partial charge in [-0.15, -0.1) is 11.3 Å². The molecule has 2 heterocycles. The first-order valence-electron chi connectivity index (χ1n) is 5.17. The summed E-state index contributed by atoms with van der Waals surface area (Å²) in [5, 5.41) is 1.97. The molecule has 2 rings (SSSR count). The van der Waals surface area contributed by atoms with Crippen molar-refractivity contribution in [1.82, 2.24) is 9.38 Å². The highest BCUT2D eigenvalue weighted by molar-refractivity contribution is 7.15. The predicted octanol–water partition coefficient (Wildman–Crippen LogP) is 1.49. The third kappa shape index (κ3) is 2.01. The van der Waals surface area contributed by atoms with Crippen molar-refractivity contribution in [3.05, 3.63) is 23.5 Å². The molecule has 16 heavy (non-hydrogen) atoms. The first-order chi connectivity index (χ1) is 7.53. The average molecular weight is 237 g/mol. The molecule has 4 nitrogen and oxygen atoms in total. The number of ketones is 1. The van der Waals surface area contributed by atoms with Crippen LogP contribution in [0.2, 0.25) is 0 Å². The van der Waals surface area contributed by atoms with Crippen molar-refractivity contribution < 1.29 is 4.79 Å². The maximum atomic E-state index is 11.9. The van der Waals surface area contributed by atoms with E-state index in [1.165, 1.54) is 0 Å². The summed E-state index contributed by atoms with van der Waals surface area (Å²) < 4.78 is 1.93. The van der Waals surface area contributed by atoms with Crippen LogP contribution in [0.3, 0.4) is 0 Å². The van der Waals surface area contributed by atoms with Crippen molar-refractivity contribution >= 4 is 22.1 Å². The molecule has 0 aliphatic carbocycles. The molecular weight excluding hydrogens is 222 g/mol. The van der Waals surface area contributed by atoms with E-state index in [-0.39, 0.29) is 5.78 Å². The maximum absolute atomic E-state index is 11.9. The van der Waals surface area contributed by atoms with E-state index in [0.29, 0.717) is 13.0 Å². The lowest BCUT2D eigenvalue weighted by Gasteiger charge is -2.19. The first kappa shape index (κ1) is 11.3. The number of aromatic nitrogens is 2. The van der Waals surface area contributed by atoms with Gasteiger partial charge in [0.15, 0.2) is 4.96 Å². The van der Waals surface area contributed by atoms with Gasteiger partial charge in [-0.2, -0.15) is 0 Å². The smallest absolute Gasteiger partial charge is 0.193 e. The fourth-order valence-electron chi connectivity index (χ4n) is 1.38. The average Bonchev–Trinajstić information content (AvgIpc) is 2.77. The van der Waals surface area contributed by atoms with Gasteiger partial charge in [0, 0.05) is 29.7 Å². The molecule has 0 spiro atoms. The largest absolute Gasteiger partial charge is 0.329 e. The molecule has 0 fully saturated rings. The van der Waals surface area contributed by atoms with Gasteiger partial charge in [-0.3, -0.25) is 9.20 Å². The minimum Gasteiger partial charge on any atom is -0.329 e. The summed E-state index contributed by atoms with van der Waals surface area (Å²) in [5.74, 6) is 0.140. The summed E-state index contributed by atoms with van der Waals surface area (Å²) in [6, 6.07) is 0. The normalized spacial score (nSPS) is 12.2. The first-order valence-corrected chi connectivity index (χ1v) is 6.05. The van der Waals surface area contributed by atoms with Crippen molar-refractivity contribution in [1.29, 1.82) is 0 Å². The highest BCUT2D eigenvalue weighted by Crippen LogP contribution is 2.18. The second-order valence-electron chi connectivity index (χ2n) is 4.51. The fraction of sp³-hybridized carbons (Fsp3) is 0.455. The molecule has 0 atom stereocenters. The molecule has 0 saturated carbocycles. The number of hydrogen-bond donors (Lipinski definition) is 1. The summed E-state index contributed by atoms with van der Waals surface area (Å²) >= 11 is 1.56. The second-order valence-corrected chi connectivity index (χ2v) is 5.39. The summed E-state index contributed by atoms with van der Waals surface area (Å²) in [6.07, 6.45) is 4.20. The van der Waals surface area contributed by atoms with E-state index < -0.39 is 5.41 Å². The molecule has 2 N–H and O–H groups in total. The molecule has 0 aromatic carbocycles. The van der Waals surface area contributed by atoms with Crippen LogP contribution in [-0.2, 0) is 11.2 Å². The monoisotopic (exact) mass is 237 g/mol. The van der Waals surface area contributed by atoms with Gasteiger partial charge >= 0.3 is 0 Å². The van der Waals surface area contributed by atoms with Crippen LogP contribution in [0.1, 0.15) is 19.5 Å². The zero-order valence-electron chi connectivity index (χ0n) is 9.43. The summed E-state index contributed by atoms with van der Waals surface area (Å²) in [4.78, 5) is 17.2. The van der Waals surface area contributed by atoms with E-state index in [0.717, 1.165) is 10.7 Å². The number of imidazole rings is 1. The van der Waals surface area contributed by atoms with Gasteiger partial charge in [0.1, 0.15) is 5.78 Å². The van der Waals surface area contributed by atoms with E-state index >= 15 is 0 Å². The highest BCUT2D eigenvalue weighted by Gasteiger charge is 2.26. The Kier molecular flexibility index (Phi) is 2.82. The number of nitrogens with two attached hydrogens (primary N) is 1. The molecule has 5 heteroatoms. The Balaban J connectivity index is 2.16. The number of hydrogen-bond acceptors (Lipinski definition) is 4.